The summed E-state index contributed by atoms with van der Waals surface area (Å²) in [5, 5.41) is 12.6. The largest absolute Gasteiger partial charge is 0.481 e. The maximum Gasteiger partial charge on any atom is 0.257 e. The number of aliphatic hydroxyl groups is 1. The lowest BCUT2D eigenvalue weighted by Gasteiger charge is -2.12. The van der Waals surface area contributed by atoms with Crippen LogP contribution < -0.4 is 10.1 Å². The van der Waals surface area contributed by atoms with Crippen molar-refractivity contribution in [3.63, 3.8) is 0 Å². The number of benzene rings is 2. The first-order chi connectivity index (χ1) is 10.7. The second-order valence-electron chi connectivity index (χ2n) is 4.78. The van der Waals surface area contributed by atoms with Crippen LogP contribution in [0.1, 0.15) is 18.1 Å². The van der Waals surface area contributed by atoms with Crippen LogP contribution in [0.5, 0.6) is 5.75 Å². The van der Waals surface area contributed by atoms with E-state index in [2.05, 4.69) is 5.32 Å². The lowest BCUT2D eigenvalue weighted by molar-refractivity contribution is -0.123. The maximum absolute atomic E-state index is 13.3. The summed E-state index contributed by atoms with van der Waals surface area (Å²) in [5.41, 5.74) is 0.805. The molecule has 0 aliphatic carbocycles. The highest BCUT2D eigenvalue weighted by Gasteiger charge is 2.09. The standard InChI is InChI=1S/C17H18FNO3/c18-14-8-4-5-9-16(14)22-12-17(21)19-11-10-15(20)13-6-2-1-3-7-13/h1-9,15,20H,10-12H2,(H,19,21). The number of amides is 1. The van der Waals surface area contributed by atoms with Crippen LogP contribution in [0.25, 0.3) is 0 Å². The van der Waals surface area contributed by atoms with E-state index in [-0.39, 0.29) is 18.3 Å². The summed E-state index contributed by atoms with van der Waals surface area (Å²) in [7, 11) is 0. The Bertz CT molecular complexity index is 604. The molecule has 0 saturated heterocycles. The Balaban J connectivity index is 1.69. The van der Waals surface area contributed by atoms with Gasteiger partial charge in [0.2, 0.25) is 0 Å². The average molecular weight is 303 g/mol. The van der Waals surface area contributed by atoms with Gasteiger partial charge in [0.05, 0.1) is 6.10 Å². The topological polar surface area (TPSA) is 58.6 Å². The minimum absolute atomic E-state index is 0.0435. The number of aliphatic hydroxyl groups excluding tert-OH is 1. The maximum atomic E-state index is 13.3. The van der Waals surface area contributed by atoms with Crippen LogP contribution in [-0.2, 0) is 4.79 Å². The van der Waals surface area contributed by atoms with Crippen LogP contribution >= 0.6 is 0 Å². The number of hydrogen-bond acceptors (Lipinski definition) is 3. The van der Waals surface area contributed by atoms with Crippen LogP contribution in [0.4, 0.5) is 4.39 Å². The zero-order chi connectivity index (χ0) is 15.8. The van der Waals surface area contributed by atoms with Crippen molar-refractivity contribution in [1.82, 2.24) is 5.32 Å². The predicted molar refractivity (Wildman–Crippen MR) is 80.9 cm³/mol. The molecule has 0 fully saturated rings. The van der Waals surface area contributed by atoms with Gasteiger partial charge in [0.15, 0.2) is 18.2 Å². The first kappa shape index (κ1) is 16.0. The summed E-state index contributed by atoms with van der Waals surface area (Å²) in [6.45, 7) is 0.0535. The Labute approximate surface area is 128 Å². The number of para-hydroxylation sites is 1. The highest BCUT2D eigenvalue weighted by Crippen LogP contribution is 2.16. The lowest BCUT2D eigenvalue weighted by Crippen LogP contribution is -2.30. The van der Waals surface area contributed by atoms with Crippen LogP contribution in [-0.4, -0.2) is 24.2 Å². The Morgan fingerprint density at radius 3 is 2.55 bits per heavy atom. The minimum atomic E-state index is -0.631. The monoisotopic (exact) mass is 303 g/mol. The highest BCUT2D eigenvalue weighted by molar-refractivity contribution is 5.77. The number of carbonyl (C=O) groups is 1. The predicted octanol–water partition coefficient (Wildman–Crippen LogP) is 2.44. The van der Waals surface area contributed by atoms with Crippen LogP contribution in [0, 0.1) is 5.82 Å². The van der Waals surface area contributed by atoms with Gasteiger partial charge in [-0.25, -0.2) is 4.39 Å². The van der Waals surface area contributed by atoms with E-state index in [1.54, 1.807) is 12.1 Å². The third-order valence-corrected chi connectivity index (χ3v) is 3.12. The molecular formula is C17H18FNO3. The van der Waals surface area contributed by atoms with Gasteiger partial charge in [-0.3, -0.25) is 4.79 Å². The van der Waals surface area contributed by atoms with Crippen molar-refractivity contribution in [3.8, 4) is 5.75 Å². The van der Waals surface area contributed by atoms with Gasteiger partial charge in [-0.05, 0) is 24.1 Å². The number of carbonyl (C=O) groups excluding carboxylic acids is 1. The summed E-state index contributed by atoms with van der Waals surface area (Å²) in [5.74, 6) is -0.819. The van der Waals surface area contributed by atoms with E-state index in [9.17, 15) is 14.3 Å². The molecule has 1 unspecified atom stereocenters. The van der Waals surface area contributed by atoms with E-state index in [4.69, 9.17) is 4.74 Å². The first-order valence-corrected chi connectivity index (χ1v) is 7.04. The van der Waals surface area contributed by atoms with Crippen molar-refractivity contribution in [2.24, 2.45) is 0 Å². The van der Waals surface area contributed by atoms with Gasteiger partial charge in [-0.2, -0.15) is 0 Å². The van der Waals surface area contributed by atoms with Crippen molar-refractivity contribution in [2.75, 3.05) is 13.2 Å². The fourth-order valence-corrected chi connectivity index (χ4v) is 1.95. The number of rotatable bonds is 7. The van der Waals surface area contributed by atoms with Crippen LogP contribution in [0.15, 0.2) is 54.6 Å². The molecule has 5 heteroatoms. The molecule has 0 spiro atoms. The van der Waals surface area contributed by atoms with Crippen molar-refractivity contribution in [3.05, 3.63) is 66.0 Å². The van der Waals surface area contributed by atoms with Gasteiger partial charge in [-0.15, -0.1) is 0 Å². The number of ether oxygens (including phenoxy) is 1. The summed E-state index contributed by atoms with van der Waals surface area (Å²) in [6.07, 6.45) is -0.232. The van der Waals surface area contributed by atoms with E-state index < -0.39 is 11.9 Å². The number of nitrogens with one attached hydrogen (secondary N) is 1. The smallest absolute Gasteiger partial charge is 0.257 e. The first-order valence-electron chi connectivity index (χ1n) is 7.04. The zero-order valence-corrected chi connectivity index (χ0v) is 12.0. The van der Waals surface area contributed by atoms with Crippen LogP contribution in [0.3, 0.4) is 0 Å². The van der Waals surface area contributed by atoms with Crippen molar-refractivity contribution < 1.29 is 19.0 Å². The molecule has 2 aromatic carbocycles. The molecule has 0 aliphatic heterocycles. The van der Waals surface area contributed by atoms with Gasteiger partial charge >= 0.3 is 0 Å². The Kier molecular flexibility index (Phi) is 5.91. The molecule has 22 heavy (non-hydrogen) atoms. The van der Waals surface area contributed by atoms with Gasteiger partial charge in [0.1, 0.15) is 0 Å². The Morgan fingerprint density at radius 2 is 1.82 bits per heavy atom. The number of hydrogen-bond donors (Lipinski definition) is 2. The van der Waals surface area contributed by atoms with E-state index >= 15 is 0 Å². The fraction of sp³-hybridized carbons (Fsp3) is 0.235. The van der Waals surface area contributed by atoms with E-state index in [1.807, 2.05) is 30.3 Å². The van der Waals surface area contributed by atoms with Gasteiger partial charge in [0.25, 0.3) is 5.91 Å². The molecule has 2 aromatic rings. The van der Waals surface area contributed by atoms with Crippen molar-refractivity contribution in [1.29, 1.82) is 0 Å². The minimum Gasteiger partial charge on any atom is -0.481 e. The summed E-state index contributed by atoms with van der Waals surface area (Å²) < 4.78 is 18.4. The third kappa shape index (κ3) is 4.86. The number of halogens is 1. The van der Waals surface area contributed by atoms with Crippen molar-refractivity contribution in [2.45, 2.75) is 12.5 Å². The lowest BCUT2D eigenvalue weighted by atomic mass is 10.1. The molecule has 0 aromatic heterocycles. The second-order valence-corrected chi connectivity index (χ2v) is 4.78. The third-order valence-electron chi connectivity index (χ3n) is 3.12. The molecule has 1 amide bonds. The quantitative estimate of drug-likeness (QED) is 0.826. The van der Waals surface area contributed by atoms with Crippen LogP contribution in [0.2, 0.25) is 0 Å². The van der Waals surface area contributed by atoms with Gasteiger partial charge in [-0.1, -0.05) is 42.5 Å². The van der Waals surface area contributed by atoms with Crippen molar-refractivity contribution >= 4 is 5.91 Å². The molecule has 4 nitrogen and oxygen atoms in total. The SMILES string of the molecule is O=C(COc1ccccc1F)NCCC(O)c1ccccc1. The zero-order valence-electron chi connectivity index (χ0n) is 12.0. The molecule has 0 heterocycles. The average Bonchev–Trinajstić information content (AvgIpc) is 2.55. The summed E-state index contributed by atoms with van der Waals surface area (Å²) >= 11 is 0. The molecule has 116 valence electrons. The molecule has 0 saturated carbocycles. The molecule has 1 atom stereocenters. The molecule has 2 N–H and O–H groups in total. The van der Waals surface area contributed by atoms with E-state index in [0.29, 0.717) is 13.0 Å². The molecule has 0 bridgehead atoms. The Morgan fingerprint density at radius 1 is 1.14 bits per heavy atom. The molecule has 2 rings (SSSR count). The highest BCUT2D eigenvalue weighted by atomic mass is 19.1. The molecular weight excluding hydrogens is 285 g/mol. The normalized spacial score (nSPS) is 11.7. The van der Waals surface area contributed by atoms with Gasteiger partial charge in [0, 0.05) is 6.54 Å². The van der Waals surface area contributed by atoms with Gasteiger partial charge < -0.3 is 15.2 Å². The van der Waals surface area contributed by atoms with E-state index in [1.165, 1.54) is 12.1 Å². The second kappa shape index (κ2) is 8.14. The molecule has 0 radical (unpaired) electrons. The molecule has 0 aliphatic rings. The summed E-state index contributed by atoms with van der Waals surface area (Å²) in [6, 6.07) is 15.1. The van der Waals surface area contributed by atoms with E-state index in [0.717, 1.165) is 5.56 Å². The fourth-order valence-electron chi connectivity index (χ4n) is 1.95. The Hall–Kier alpha value is -2.40. The summed E-state index contributed by atoms with van der Waals surface area (Å²) in [4.78, 5) is 11.6.